The highest BCUT2D eigenvalue weighted by atomic mass is 127. The first kappa shape index (κ1) is 67.8. The third-order valence-electron chi connectivity index (χ3n) is 17.5. The topological polar surface area (TPSA) is 159 Å². The number of likely N-dealkylation sites (N-methyl/N-ethyl adjacent to an activating group) is 2. The van der Waals surface area contributed by atoms with Crippen LogP contribution in [0.3, 0.4) is 0 Å². The summed E-state index contributed by atoms with van der Waals surface area (Å²) in [7, 11) is 4.40. The van der Waals surface area contributed by atoms with E-state index in [1.807, 2.05) is 54.7 Å². The van der Waals surface area contributed by atoms with Crippen molar-refractivity contribution >= 4 is 51.2 Å². The monoisotopic (exact) mass is 1370 g/mol. The number of ether oxygens (including phenoxy) is 7. The minimum Gasteiger partial charge on any atom is -0.387 e. The number of hydrogen-bond donors (Lipinski definition) is 3. The second-order valence-corrected chi connectivity index (χ2v) is 28.7. The van der Waals surface area contributed by atoms with Crippen LogP contribution in [0.25, 0.3) is 20.9 Å². The van der Waals surface area contributed by atoms with E-state index in [0.29, 0.717) is 26.3 Å². The van der Waals surface area contributed by atoms with Gasteiger partial charge in [-0.2, -0.15) is 0 Å². The second-order valence-electron chi connectivity index (χ2n) is 25.2. The predicted octanol–water partition coefficient (Wildman–Crippen LogP) is 10.1. The van der Waals surface area contributed by atoms with Crippen molar-refractivity contribution in [3.63, 3.8) is 0 Å². The van der Waals surface area contributed by atoms with Crippen molar-refractivity contribution in [2.75, 3.05) is 92.8 Å². The highest BCUT2D eigenvalue weighted by Crippen LogP contribution is 2.42. The van der Waals surface area contributed by atoms with Crippen LogP contribution in [0.4, 0.5) is 0 Å². The first-order valence-electron chi connectivity index (χ1n) is 31.6. The number of amides is 1. The van der Waals surface area contributed by atoms with Crippen molar-refractivity contribution in [2.24, 2.45) is 0 Å². The van der Waals surface area contributed by atoms with Crippen LogP contribution in [-0.4, -0.2) is 199 Å². The zero-order valence-corrected chi connectivity index (χ0v) is 57.2. The molecule has 0 saturated carbocycles. The number of hydrogen-bond acceptors (Lipinski definition) is 17. The Balaban J connectivity index is 0.000000155. The maximum Gasteiger partial charge on any atom is 0.254 e. The van der Waals surface area contributed by atoms with Gasteiger partial charge in [-0.05, 0) is 177 Å². The molecule has 19 heteroatoms. The molecule has 6 aromatic rings. The summed E-state index contributed by atoms with van der Waals surface area (Å²) in [5.41, 5.74) is 11.2. The summed E-state index contributed by atoms with van der Waals surface area (Å²) in [6, 6.07) is 39.7. The van der Waals surface area contributed by atoms with Crippen molar-refractivity contribution in [3.8, 4) is 20.9 Å². The van der Waals surface area contributed by atoms with Gasteiger partial charge in [-0.3, -0.25) is 14.6 Å². The Bertz CT molecular complexity index is 3280. The van der Waals surface area contributed by atoms with E-state index < -0.39 is 66.9 Å². The van der Waals surface area contributed by atoms with Crippen molar-refractivity contribution in [3.05, 3.63) is 161 Å². The molecule has 0 aliphatic carbocycles. The molecule has 9 heterocycles. The molecule has 2 aromatic heterocycles. The average Bonchev–Trinajstić information content (AvgIpc) is 2.16. The van der Waals surface area contributed by atoms with E-state index >= 15 is 0 Å². The molecule has 16 nitrogen and oxygen atoms in total. The van der Waals surface area contributed by atoms with Crippen LogP contribution >= 0.6 is 45.3 Å². The van der Waals surface area contributed by atoms with Crippen LogP contribution in [0.5, 0.6) is 0 Å². The quantitative estimate of drug-likeness (QED) is 0.0938. The molecule has 0 radical (unpaired) electrons. The molecule has 0 spiro atoms. The molecule has 7 fully saturated rings. The molecule has 3 N–H and O–H groups in total. The number of halogens is 1. The molecule has 1 unspecified atom stereocenters. The Morgan fingerprint density at radius 3 is 1.58 bits per heavy atom. The van der Waals surface area contributed by atoms with Gasteiger partial charge in [-0.25, -0.2) is 0 Å². The van der Waals surface area contributed by atoms with Gasteiger partial charge in [0.2, 0.25) is 0 Å². The highest BCUT2D eigenvalue weighted by Gasteiger charge is 2.58. The standard InChI is InChI=1S/C32H40N2O5S.C24H27IN2S.C12H19NO6.C2H6/c1-20-8-9-23(27(35)29-28(36)30-31(37-29)39-32(2,3)38-30)17-24(20)18-25-10-11-26(40-25)22-7-5-6-21(16-22)19-34-14-12-33(4)13-15-34;1-18-6-7-22(25)15-21(18)16-23-8-9-24(28-23)20-5-3-4-19(14-20)17-27-12-10-26(2)11-13-27;1-12(2)18-9-7(14)8(17-11(9)19-12)10(15)13-3-5-16-6-4-13;1-2/h5-11,16-17,27-31,35-36H,12-15,18-19H2,1-4H3;3-9,14-15H,10-13,16-17H2,1-2H3;7-9,11,14H,3-6H2,1-2H3;1-2H3/t27?,28-,29+,30+,31+;;7-,8-,9+,11+;/m1.1./s1. The Morgan fingerprint density at radius 2 is 1.08 bits per heavy atom. The molecule has 7 aliphatic rings. The number of aliphatic hydroxyl groups is 3. The summed E-state index contributed by atoms with van der Waals surface area (Å²) >= 11 is 6.15. The van der Waals surface area contributed by atoms with E-state index in [2.05, 4.69) is 161 Å². The fraction of sp³-hybridized carbons (Fsp3) is 0.529. The maximum absolute atomic E-state index is 12.3. The molecule has 89 heavy (non-hydrogen) atoms. The molecule has 1 amide bonds. The predicted molar refractivity (Wildman–Crippen MR) is 359 cm³/mol. The Labute approximate surface area is 548 Å². The molecule has 4 aromatic carbocycles. The van der Waals surface area contributed by atoms with Gasteiger partial charge >= 0.3 is 0 Å². The number of aliphatic hydroxyl groups excluding tert-OH is 3. The summed E-state index contributed by atoms with van der Waals surface area (Å²) in [6.07, 6.45) is -5.46. The lowest BCUT2D eigenvalue weighted by atomic mass is 9.94. The number of piperazine rings is 2. The van der Waals surface area contributed by atoms with Crippen molar-refractivity contribution in [2.45, 2.75) is 148 Å². The molecule has 9 atom stereocenters. The summed E-state index contributed by atoms with van der Waals surface area (Å²) in [5, 5.41) is 32.2. The van der Waals surface area contributed by atoms with Gasteiger partial charge < -0.3 is 63.2 Å². The van der Waals surface area contributed by atoms with E-state index in [0.717, 1.165) is 63.2 Å². The van der Waals surface area contributed by atoms with Gasteiger partial charge in [0.05, 0.1) is 13.2 Å². The van der Waals surface area contributed by atoms with Gasteiger partial charge in [0.15, 0.2) is 30.3 Å². The summed E-state index contributed by atoms with van der Waals surface area (Å²) in [4.78, 5) is 29.2. The van der Waals surface area contributed by atoms with Crippen LogP contribution in [0.1, 0.15) is 96.3 Å². The lowest BCUT2D eigenvalue weighted by molar-refractivity contribution is -0.226. The van der Waals surface area contributed by atoms with E-state index in [1.165, 1.54) is 88.2 Å². The lowest BCUT2D eigenvalue weighted by Crippen LogP contribution is -2.50. The van der Waals surface area contributed by atoms with Crippen molar-refractivity contribution < 1.29 is 53.3 Å². The molecular weight excluding hydrogens is 1280 g/mol. The van der Waals surface area contributed by atoms with E-state index in [1.54, 1.807) is 32.6 Å². The average molecular weight is 1370 g/mol. The van der Waals surface area contributed by atoms with Gasteiger partial charge in [0.1, 0.15) is 36.6 Å². The van der Waals surface area contributed by atoms with E-state index in [-0.39, 0.29) is 5.91 Å². The number of thiophene rings is 2. The molecular formula is C70H92IN5O11S2. The first-order chi connectivity index (χ1) is 42.7. The second kappa shape index (κ2) is 30.3. The Morgan fingerprint density at radius 1 is 0.596 bits per heavy atom. The number of nitrogens with zero attached hydrogens (tertiary/aromatic N) is 5. The number of rotatable bonds is 13. The van der Waals surface area contributed by atoms with Crippen LogP contribution < -0.4 is 0 Å². The normalized spacial score (nSPS) is 26.3. The van der Waals surface area contributed by atoms with Gasteiger partial charge in [-0.15, -0.1) is 22.7 Å². The number of carbonyl (C=O) groups excluding carboxylic acids is 1. The number of aryl methyl sites for hydroxylation is 2. The summed E-state index contributed by atoms with van der Waals surface area (Å²) < 4.78 is 40.5. The van der Waals surface area contributed by atoms with Gasteiger partial charge in [0, 0.05) is 114 Å². The van der Waals surface area contributed by atoms with Gasteiger partial charge in [-0.1, -0.05) is 74.5 Å². The smallest absolute Gasteiger partial charge is 0.254 e. The number of morpholine rings is 1. The number of fused-ring (bicyclic) bond motifs is 2. The lowest BCUT2D eigenvalue weighted by Gasteiger charge is -2.32. The van der Waals surface area contributed by atoms with Crippen molar-refractivity contribution in [1.82, 2.24) is 24.5 Å². The molecule has 13 rings (SSSR count). The Hall–Kier alpha value is -4.08. The molecule has 0 bridgehead atoms. The summed E-state index contributed by atoms with van der Waals surface area (Å²) in [5.74, 6) is -1.83. The molecule has 7 saturated heterocycles. The number of carbonyl (C=O) groups is 1. The first-order valence-corrected chi connectivity index (χ1v) is 34.4. The van der Waals surface area contributed by atoms with Gasteiger partial charge in [0.25, 0.3) is 5.91 Å². The largest absolute Gasteiger partial charge is 0.387 e. The fourth-order valence-electron chi connectivity index (χ4n) is 12.3. The minimum absolute atomic E-state index is 0.227. The minimum atomic E-state index is -0.998. The zero-order chi connectivity index (χ0) is 63.1. The Kier molecular flexibility index (Phi) is 23.1. The SMILES string of the molecule is CC.CC1(C)O[C@@H]2O[C@@H](C(=O)N3CCOCC3)[C@@H](O)[C@@H]2O1.Cc1ccc(C(O)[C@@H]2O[C@H]3OC(C)(C)O[C@H]3[C@@H]2O)cc1Cc1ccc(-c2cccc(CN3CCN(C)CC3)c2)s1.Cc1ccc(I)cc1Cc1ccc(-c2cccc(CN3CCN(C)CC3)c2)s1. The number of benzene rings is 4. The third kappa shape index (κ3) is 17.4. The fourth-order valence-corrected chi connectivity index (χ4v) is 14.9. The molecule has 482 valence electrons. The van der Waals surface area contributed by atoms with Crippen LogP contribution in [0.15, 0.2) is 109 Å². The van der Waals surface area contributed by atoms with Crippen LogP contribution in [0, 0.1) is 17.4 Å². The van der Waals surface area contributed by atoms with E-state index in [9.17, 15) is 20.1 Å². The van der Waals surface area contributed by atoms with Crippen molar-refractivity contribution in [1.29, 1.82) is 0 Å². The third-order valence-corrected chi connectivity index (χ3v) is 20.4. The van der Waals surface area contributed by atoms with Crippen LogP contribution in [-0.2, 0) is 63.9 Å². The summed E-state index contributed by atoms with van der Waals surface area (Å²) in [6.45, 7) is 28.7. The van der Waals surface area contributed by atoms with E-state index in [4.69, 9.17) is 33.2 Å². The van der Waals surface area contributed by atoms with Crippen LogP contribution in [0.2, 0.25) is 0 Å². The maximum atomic E-state index is 12.3. The molecule has 7 aliphatic heterocycles. The zero-order valence-electron chi connectivity index (χ0n) is 53.4. The highest BCUT2D eigenvalue weighted by molar-refractivity contribution is 14.1.